The number of rotatable bonds is 17. The second-order valence-corrected chi connectivity index (χ2v) is 17.3. The van der Waals surface area contributed by atoms with Gasteiger partial charge in [0.15, 0.2) is 23.0 Å². The molecular weight excluding hydrogens is 1010 g/mol. The molecule has 0 amide bonds. The quantitative estimate of drug-likeness (QED) is 0.0331. The highest BCUT2D eigenvalue weighted by Crippen LogP contribution is 2.46. The molecule has 2 fully saturated rings. The molecule has 8 rings (SSSR count). The number of carbonyl (C=O) groups excluding carboxylic acids is 1. The highest BCUT2D eigenvalue weighted by Gasteiger charge is 2.26. The number of likely N-dealkylation sites (tertiary alicyclic amines) is 2. The Kier molecular flexibility index (Phi) is 16.7. The van der Waals surface area contributed by atoms with Crippen molar-refractivity contribution in [2.45, 2.75) is 44.8 Å². The highest BCUT2D eigenvalue weighted by molar-refractivity contribution is 9.10. The van der Waals surface area contributed by atoms with Crippen molar-refractivity contribution in [3.63, 3.8) is 0 Å². The largest absolute Gasteiger partial charge is 0.508 e. The monoisotopic (exact) mass is 1050 g/mol. The molecule has 356 valence electrons. The molecule has 4 aromatic carbocycles. The molecule has 17 nitrogen and oxygen atoms in total. The Labute approximate surface area is 401 Å². The summed E-state index contributed by atoms with van der Waals surface area (Å²) in [5.41, 5.74) is 2.55. The van der Waals surface area contributed by atoms with Crippen molar-refractivity contribution in [3.05, 3.63) is 82.0 Å². The van der Waals surface area contributed by atoms with E-state index in [2.05, 4.69) is 72.2 Å². The molecule has 6 aromatic rings. The Morgan fingerprint density at radius 1 is 0.701 bits per heavy atom. The van der Waals surface area contributed by atoms with Crippen LogP contribution in [0, 0.1) is 12.2 Å². The van der Waals surface area contributed by atoms with Crippen molar-refractivity contribution in [3.8, 4) is 34.5 Å². The summed E-state index contributed by atoms with van der Waals surface area (Å²) in [4.78, 5) is 31.5. The van der Waals surface area contributed by atoms with E-state index in [9.17, 15) is 28.9 Å². The lowest BCUT2D eigenvalue weighted by molar-refractivity contribution is -0.148. The highest BCUT2D eigenvalue weighted by atomic mass is 79.9. The summed E-state index contributed by atoms with van der Waals surface area (Å²) in [6, 6.07) is 16.2. The van der Waals surface area contributed by atoms with E-state index < -0.39 is 30.3 Å². The second-order valence-electron chi connectivity index (χ2n) is 15.8. The van der Waals surface area contributed by atoms with Gasteiger partial charge in [0.1, 0.15) is 46.1 Å². The number of anilines is 4. The van der Waals surface area contributed by atoms with Gasteiger partial charge >= 0.3 is 18.1 Å². The number of carbonyl (C=O) groups is 1. The van der Waals surface area contributed by atoms with Gasteiger partial charge in [0.05, 0.1) is 47.4 Å². The predicted octanol–water partition coefficient (Wildman–Crippen LogP) is 8.22. The summed E-state index contributed by atoms with van der Waals surface area (Å²) in [6.45, 7) is 6.37. The number of nitrogens with one attached hydrogen (secondary N) is 2. The zero-order valence-corrected chi connectivity index (χ0v) is 40.1. The van der Waals surface area contributed by atoms with E-state index in [0.29, 0.717) is 63.9 Å². The number of aromatic nitrogens is 4. The molecule has 4 heterocycles. The molecule has 67 heavy (non-hydrogen) atoms. The molecule has 0 aliphatic carbocycles. The zero-order chi connectivity index (χ0) is 47.6. The number of aliphatic hydroxyl groups is 1. The van der Waals surface area contributed by atoms with Crippen molar-refractivity contribution in [1.29, 1.82) is 0 Å². The maximum Gasteiger partial charge on any atom is 0.310 e. The van der Waals surface area contributed by atoms with Crippen molar-refractivity contribution in [1.82, 2.24) is 29.7 Å². The number of β-amino-alcohol motifs (C(OH)–C–C–N with tert-alkyl or cyclic N) is 1. The third-order valence-corrected chi connectivity index (χ3v) is 12.0. The Morgan fingerprint density at radius 2 is 1.15 bits per heavy atom. The molecule has 2 aromatic heterocycles. The van der Waals surface area contributed by atoms with Crippen LogP contribution in [0.5, 0.6) is 34.5 Å². The first-order valence-corrected chi connectivity index (χ1v) is 23.0. The normalized spacial score (nSPS) is 14.9. The number of phenolic OH excluding ortho intramolecular Hbond substituents is 2. The van der Waals surface area contributed by atoms with Crippen LogP contribution < -0.4 is 29.6 Å². The van der Waals surface area contributed by atoms with Gasteiger partial charge in [-0.25, -0.2) is 9.97 Å². The number of methoxy groups -OCH3 is 2. The van der Waals surface area contributed by atoms with Crippen LogP contribution >= 0.6 is 31.9 Å². The van der Waals surface area contributed by atoms with E-state index in [1.54, 1.807) is 48.5 Å². The number of phenols is 2. The lowest BCUT2D eigenvalue weighted by atomic mass is 10.1. The first-order chi connectivity index (χ1) is 32.3. The maximum absolute atomic E-state index is 14.1. The lowest BCUT2D eigenvalue weighted by Crippen LogP contribution is -2.37. The molecule has 5 N–H and O–H groups in total. The summed E-state index contributed by atoms with van der Waals surface area (Å²) in [5, 5.41) is 37.5. The topological polar surface area (TPSA) is 206 Å². The van der Waals surface area contributed by atoms with E-state index in [4.69, 9.17) is 23.7 Å². The summed E-state index contributed by atoms with van der Waals surface area (Å²) < 4.78 is 57.2. The minimum atomic E-state index is -0.907. The second kappa shape index (κ2) is 22.8. The molecule has 2 aliphatic rings. The predicted molar refractivity (Wildman–Crippen MR) is 254 cm³/mol. The van der Waals surface area contributed by atoms with Crippen LogP contribution in [0.25, 0.3) is 21.8 Å². The summed E-state index contributed by atoms with van der Waals surface area (Å²) in [5.74, 6) is 0.993. The average Bonchev–Trinajstić information content (AvgIpc) is 3.99. The fourth-order valence-electron chi connectivity index (χ4n) is 7.98. The Balaban J connectivity index is 0.000000200. The number of ether oxygens (including phenoxy) is 5. The molecule has 2 unspecified atom stereocenters. The Morgan fingerprint density at radius 3 is 1.58 bits per heavy atom. The number of aliphatic hydroxyl groups excluding tert-OH is 1. The number of benzene rings is 4. The maximum atomic E-state index is 14.1. The summed E-state index contributed by atoms with van der Waals surface area (Å²) in [7, 11) is 2.97. The van der Waals surface area contributed by atoms with Gasteiger partial charge in [0, 0.05) is 55.7 Å². The van der Waals surface area contributed by atoms with E-state index in [1.807, 2.05) is 0 Å². The smallest absolute Gasteiger partial charge is 0.310 e. The van der Waals surface area contributed by atoms with Crippen molar-refractivity contribution in [2.75, 3.05) is 77.3 Å². The van der Waals surface area contributed by atoms with E-state index in [1.165, 1.54) is 33.3 Å². The van der Waals surface area contributed by atoms with Gasteiger partial charge in [0.2, 0.25) is 0 Å². The van der Waals surface area contributed by atoms with Crippen molar-refractivity contribution < 1.29 is 52.6 Å². The summed E-state index contributed by atoms with van der Waals surface area (Å²) >= 11 is 6.62. The number of hydrogen-bond donors (Lipinski definition) is 5. The molecular formula is C46H50Br2F2N8O9. The van der Waals surface area contributed by atoms with Gasteiger partial charge in [-0.05, 0) is 108 Å². The molecule has 21 heteroatoms. The van der Waals surface area contributed by atoms with E-state index in [-0.39, 0.29) is 50.7 Å². The number of fused-ring (bicyclic) bond motifs is 2. The third-order valence-electron chi connectivity index (χ3n) is 10.8. The number of esters is 1. The fraction of sp³-hybridized carbons (Fsp3) is 0.370. The Hall–Kier alpha value is -5.87. The molecule has 2 atom stereocenters. The first-order valence-electron chi connectivity index (χ1n) is 21.4. The Bertz CT molecular complexity index is 2700. The molecule has 0 bridgehead atoms. The van der Waals surface area contributed by atoms with Crippen LogP contribution in [0.15, 0.2) is 69.9 Å². The van der Waals surface area contributed by atoms with Crippen molar-refractivity contribution in [2.24, 2.45) is 0 Å². The third kappa shape index (κ3) is 12.8. The van der Waals surface area contributed by atoms with Gasteiger partial charge in [-0.3, -0.25) is 9.69 Å². The molecule has 0 radical (unpaired) electrons. The zero-order valence-electron chi connectivity index (χ0n) is 36.9. The van der Waals surface area contributed by atoms with E-state index in [0.717, 1.165) is 51.9 Å². The van der Waals surface area contributed by atoms with Crippen LogP contribution in [-0.4, -0.2) is 130 Å². The lowest BCUT2D eigenvalue weighted by Gasteiger charge is -2.24. The number of aromatic hydroxyl groups is 2. The molecule has 2 aliphatic heterocycles. The average molecular weight is 1060 g/mol. The minimum absolute atomic E-state index is 0.0403. The van der Waals surface area contributed by atoms with Gasteiger partial charge in [-0.1, -0.05) is 12.1 Å². The van der Waals surface area contributed by atoms with Crippen LogP contribution in [0.4, 0.5) is 31.5 Å². The van der Waals surface area contributed by atoms with Gasteiger partial charge in [-0.15, -0.1) is 0 Å². The van der Waals surface area contributed by atoms with Crippen LogP contribution in [0.3, 0.4) is 0 Å². The minimum Gasteiger partial charge on any atom is -0.508 e. The van der Waals surface area contributed by atoms with E-state index >= 15 is 0 Å². The van der Waals surface area contributed by atoms with Crippen LogP contribution in [0.1, 0.15) is 32.6 Å². The SMILES string of the molecule is COc1c(OCC(CN2CCCC2)OC(C)=O)cc2nc(F)nc(Br)c2c1Nc1cccc(O)c1.COc1c(OCC(O)CN2CCCC2)cc2nc(F)nc(Br)c2c1Nc1cccc(O)c1. The van der Waals surface area contributed by atoms with Gasteiger partial charge in [-0.2, -0.15) is 18.7 Å². The van der Waals surface area contributed by atoms with Gasteiger partial charge < -0.3 is 54.5 Å². The standard InChI is InChI=1S/C24H26BrFN4O5.C22H24BrFN4O4/c1-14(31)35-17(12-30-8-3-4-9-30)13-34-19-11-18-20(23(25)29-24(26)28-18)21(22(19)33-2)27-15-6-5-7-16(32)10-15;1-31-20-17(32-12-15(30)11-28-7-2-3-8-28)10-16-18(21(23)27-22(24)26-16)19(20)25-13-5-4-6-14(29)9-13/h5-7,10-11,17,27,32H,3-4,8-9,12-13H2,1-2H3;4-6,9-10,15,25,29-30H,2-3,7-8,11-12H2,1H3. The number of halogens is 4. The first kappa shape index (κ1) is 49.0. The van der Waals surface area contributed by atoms with Crippen LogP contribution in [0.2, 0.25) is 0 Å². The number of hydrogen-bond acceptors (Lipinski definition) is 17. The van der Waals surface area contributed by atoms with Crippen molar-refractivity contribution >= 4 is 82.4 Å². The number of nitrogens with zero attached hydrogens (tertiary/aromatic N) is 6. The molecule has 2 saturated heterocycles. The van der Waals surface area contributed by atoms with Crippen LogP contribution in [-0.2, 0) is 9.53 Å². The fourth-order valence-corrected chi connectivity index (χ4v) is 9.08. The molecule has 0 saturated carbocycles. The summed E-state index contributed by atoms with van der Waals surface area (Å²) in [6.07, 6.45) is 1.50. The molecule has 0 spiro atoms. The van der Waals surface area contributed by atoms with Gasteiger partial charge in [0.25, 0.3) is 0 Å².